The van der Waals surface area contributed by atoms with Gasteiger partial charge in [0.2, 0.25) is 0 Å². The van der Waals surface area contributed by atoms with Crippen molar-refractivity contribution in [3.8, 4) is 0 Å². The normalized spacial score (nSPS) is 25.4. The van der Waals surface area contributed by atoms with E-state index < -0.39 is 0 Å². The smallest absolute Gasteiger partial charge is 0.251 e. The molecule has 0 saturated heterocycles. The molecule has 154 valence electrons. The van der Waals surface area contributed by atoms with E-state index in [1.54, 1.807) is 36.4 Å². The van der Waals surface area contributed by atoms with Crippen molar-refractivity contribution in [1.29, 1.82) is 0 Å². The van der Waals surface area contributed by atoms with Gasteiger partial charge < -0.3 is 5.32 Å². The van der Waals surface area contributed by atoms with Crippen molar-refractivity contribution in [3.05, 3.63) is 76.7 Å². The lowest BCUT2D eigenvalue weighted by atomic mass is 9.90. The Balaban J connectivity index is 1.20. The summed E-state index contributed by atoms with van der Waals surface area (Å²) in [7, 11) is 0. The number of rotatable bonds is 4. The first-order chi connectivity index (χ1) is 14.6. The zero-order valence-corrected chi connectivity index (χ0v) is 17.4. The van der Waals surface area contributed by atoms with E-state index >= 15 is 0 Å². The van der Waals surface area contributed by atoms with Crippen molar-refractivity contribution in [2.75, 3.05) is 6.54 Å². The Labute approximate surface area is 180 Å². The van der Waals surface area contributed by atoms with Crippen LogP contribution in [0.15, 0.2) is 54.7 Å². The summed E-state index contributed by atoms with van der Waals surface area (Å²) in [6.45, 7) is 0.725. The highest BCUT2D eigenvalue weighted by Gasteiger charge is 2.42. The number of nitrogens with one attached hydrogen (secondary N) is 1. The summed E-state index contributed by atoms with van der Waals surface area (Å²) in [6, 6.07) is 13.9. The predicted octanol–water partition coefficient (Wildman–Crippen LogP) is 5.98. The summed E-state index contributed by atoms with van der Waals surface area (Å²) in [4.78, 5) is 16.8. The molecule has 3 nitrogen and oxygen atoms in total. The van der Waals surface area contributed by atoms with Crippen LogP contribution >= 0.6 is 11.6 Å². The third-order valence-electron chi connectivity index (χ3n) is 6.95. The van der Waals surface area contributed by atoms with Crippen LogP contribution in [0, 0.1) is 23.6 Å². The second-order valence-electron chi connectivity index (χ2n) is 8.80. The minimum absolute atomic E-state index is 0.0353. The molecule has 2 aromatic carbocycles. The maximum absolute atomic E-state index is 13.8. The molecule has 0 radical (unpaired) electrons. The Morgan fingerprint density at radius 2 is 1.77 bits per heavy atom. The van der Waals surface area contributed by atoms with E-state index in [4.69, 9.17) is 11.6 Å². The topological polar surface area (TPSA) is 42.0 Å². The molecule has 5 rings (SSSR count). The van der Waals surface area contributed by atoms with Gasteiger partial charge in [0.25, 0.3) is 5.91 Å². The van der Waals surface area contributed by atoms with Gasteiger partial charge in [-0.05, 0) is 103 Å². The molecule has 0 bridgehead atoms. The average molecular weight is 423 g/mol. The van der Waals surface area contributed by atoms with Crippen molar-refractivity contribution >= 4 is 28.4 Å². The van der Waals surface area contributed by atoms with Crippen LogP contribution in [-0.4, -0.2) is 17.4 Å². The number of carbonyl (C=O) groups excluding carboxylic acids is 1. The van der Waals surface area contributed by atoms with Crippen molar-refractivity contribution in [1.82, 2.24) is 10.3 Å². The fourth-order valence-electron chi connectivity index (χ4n) is 5.60. The lowest BCUT2D eigenvalue weighted by Crippen LogP contribution is -2.28. The molecule has 1 N–H and O–H groups in total. The first kappa shape index (κ1) is 19.5. The summed E-state index contributed by atoms with van der Waals surface area (Å²) in [5.74, 6) is 2.13. The number of aromatic nitrogens is 1. The minimum Gasteiger partial charge on any atom is -0.352 e. The molecule has 2 aliphatic rings. The Hall–Kier alpha value is -2.46. The molecule has 0 spiro atoms. The van der Waals surface area contributed by atoms with E-state index in [1.165, 1.54) is 11.6 Å². The number of amides is 1. The van der Waals surface area contributed by atoms with Gasteiger partial charge in [-0.1, -0.05) is 11.6 Å². The third-order valence-corrected chi connectivity index (χ3v) is 7.20. The summed E-state index contributed by atoms with van der Waals surface area (Å²) in [5.41, 5.74) is 2.75. The van der Waals surface area contributed by atoms with Gasteiger partial charge in [-0.15, -0.1) is 0 Å². The van der Waals surface area contributed by atoms with Crippen LogP contribution in [0.25, 0.3) is 10.9 Å². The van der Waals surface area contributed by atoms with E-state index in [0.29, 0.717) is 34.3 Å². The molecule has 2 aliphatic carbocycles. The standard InChI is InChI=1S/C25H24ClFN2O/c26-20-3-1-16(2-4-20)25(30)29-14-15-9-17-11-19(12-18(17)10-15)22-7-8-28-24-6-5-21(27)13-23(22)24/h1-8,13,15,17-19H,9-12,14H2,(H,29,30)/t15?,17-,18+,19?. The van der Waals surface area contributed by atoms with Crippen LogP contribution in [0.5, 0.6) is 0 Å². The predicted molar refractivity (Wildman–Crippen MR) is 117 cm³/mol. The summed E-state index contributed by atoms with van der Waals surface area (Å²) >= 11 is 5.89. The van der Waals surface area contributed by atoms with E-state index in [9.17, 15) is 9.18 Å². The Morgan fingerprint density at radius 1 is 1.03 bits per heavy atom. The number of carbonyl (C=O) groups is 1. The first-order valence-corrected chi connectivity index (χ1v) is 11.0. The maximum Gasteiger partial charge on any atom is 0.251 e. The molecule has 1 amide bonds. The number of halogens is 2. The molecule has 30 heavy (non-hydrogen) atoms. The van der Waals surface area contributed by atoms with Gasteiger partial charge in [0.15, 0.2) is 0 Å². The van der Waals surface area contributed by atoms with Crippen LogP contribution in [-0.2, 0) is 0 Å². The van der Waals surface area contributed by atoms with Crippen molar-refractivity contribution in [2.45, 2.75) is 31.6 Å². The van der Waals surface area contributed by atoms with Crippen LogP contribution in [0.1, 0.15) is 47.5 Å². The molecule has 5 heteroatoms. The average Bonchev–Trinajstić information content (AvgIpc) is 3.31. The van der Waals surface area contributed by atoms with E-state index in [1.807, 2.05) is 6.20 Å². The van der Waals surface area contributed by atoms with Crippen molar-refractivity contribution in [3.63, 3.8) is 0 Å². The highest BCUT2D eigenvalue weighted by Crippen LogP contribution is 2.53. The van der Waals surface area contributed by atoms with Crippen LogP contribution < -0.4 is 5.32 Å². The van der Waals surface area contributed by atoms with Crippen molar-refractivity contribution < 1.29 is 9.18 Å². The Bertz CT molecular complexity index is 1070. The van der Waals surface area contributed by atoms with E-state index in [-0.39, 0.29) is 11.7 Å². The first-order valence-electron chi connectivity index (χ1n) is 10.6. The molecule has 3 aromatic rings. The van der Waals surface area contributed by atoms with Gasteiger partial charge in [0.1, 0.15) is 5.82 Å². The second-order valence-corrected chi connectivity index (χ2v) is 9.24. The number of pyridine rings is 1. The van der Waals surface area contributed by atoms with E-state index in [2.05, 4.69) is 16.4 Å². The lowest BCUT2D eigenvalue weighted by molar-refractivity contribution is 0.0946. The van der Waals surface area contributed by atoms with Crippen molar-refractivity contribution in [2.24, 2.45) is 17.8 Å². The molecular formula is C25H24ClFN2O. The summed E-state index contributed by atoms with van der Waals surface area (Å²) in [6.07, 6.45) is 6.43. The summed E-state index contributed by atoms with van der Waals surface area (Å²) < 4.78 is 13.8. The molecule has 2 unspecified atom stereocenters. The Kier molecular flexibility index (Phi) is 5.20. The molecule has 2 fully saturated rings. The zero-order valence-electron chi connectivity index (χ0n) is 16.7. The van der Waals surface area contributed by atoms with Gasteiger partial charge in [-0.25, -0.2) is 4.39 Å². The largest absolute Gasteiger partial charge is 0.352 e. The minimum atomic E-state index is -0.202. The fourth-order valence-corrected chi connectivity index (χ4v) is 5.72. The van der Waals surface area contributed by atoms with Crippen LogP contribution in [0.4, 0.5) is 4.39 Å². The molecule has 4 atom stereocenters. The fraction of sp³-hybridized carbons (Fsp3) is 0.360. The molecule has 0 aliphatic heterocycles. The lowest BCUT2D eigenvalue weighted by Gasteiger charge is -2.17. The SMILES string of the molecule is O=C(NCC1C[C@@H]2CC(c3ccnc4ccc(F)cc34)C[C@@H]2C1)c1ccc(Cl)cc1. The van der Waals surface area contributed by atoms with Gasteiger partial charge >= 0.3 is 0 Å². The quantitative estimate of drug-likeness (QED) is 0.562. The molecule has 2 saturated carbocycles. The number of hydrogen-bond acceptors (Lipinski definition) is 2. The van der Waals surface area contributed by atoms with Gasteiger partial charge in [0, 0.05) is 28.7 Å². The second kappa shape index (κ2) is 7.99. The number of benzene rings is 2. The van der Waals surface area contributed by atoms with Crippen LogP contribution in [0.3, 0.4) is 0 Å². The number of fused-ring (bicyclic) bond motifs is 2. The maximum atomic E-state index is 13.8. The monoisotopic (exact) mass is 422 g/mol. The Morgan fingerprint density at radius 3 is 2.50 bits per heavy atom. The van der Waals surface area contributed by atoms with Crippen LogP contribution in [0.2, 0.25) is 5.02 Å². The molecule has 1 aromatic heterocycles. The molecular weight excluding hydrogens is 399 g/mol. The van der Waals surface area contributed by atoms with E-state index in [0.717, 1.165) is 43.1 Å². The number of hydrogen-bond donors (Lipinski definition) is 1. The third kappa shape index (κ3) is 3.81. The highest BCUT2D eigenvalue weighted by molar-refractivity contribution is 6.30. The molecule has 1 heterocycles. The van der Waals surface area contributed by atoms with Gasteiger partial charge in [0.05, 0.1) is 5.52 Å². The summed E-state index contributed by atoms with van der Waals surface area (Å²) in [5, 5.41) is 4.68. The number of nitrogens with zero attached hydrogens (tertiary/aromatic N) is 1. The highest BCUT2D eigenvalue weighted by atomic mass is 35.5. The van der Waals surface area contributed by atoms with Gasteiger partial charge in [-0.3, -0.25) is 9.78 Å². The zero-order chi connectivity index (χ0) is 20.7. The van der Waals surface area contributed by atoms with Gasteiger partial charge in [-0.2, -0.15) is 0 Å².